The lowest BCUT2D eigenvalue weighted by atomic mass is 10.1. The van der Waals surface area contributed by atoms with E-state index in [4.69, 9.17) is 4.98 Å². The van der Waals surface area contributed by atoms with Crippen molar-refractivity contribution in [2.75, 3.05) is 32.7 Å². The summed E-state index contributed by atoms with van der Waals surface area (Å²) >= 11 is 0. The zero-order valence-electron chi connectivity index (χ0n) is 24.3. The van der Waals surface area contributed by atoms with Crippen LogP contribution in [0.4, 0.5) is 0 Å². The lowest BCUT2D eigenvalue weighted by Crippen LogP contribution is -2.34. The predicted octanol–water partition coefficient (Wildman–Crippen LogP) is 6.24. The SMILES string of the molecule is CC(C)CCN(CCC(C)C)C(=O)c1ccc2nc(-c3cnn(C)c3)n(CCCN3CCCCCC3)c2c1. The molecule has 0 saturated carbocycles. The first-order valence-corrected chi connectivity index (χ1v) is 14.8. The summed E-state index contributed by atoms with van der Waals surface area (Å²) in [5, 5.41) is 4.40. The molecule has 7 nitrogen and oxygen atoms in total. The van der Waals surface area contributed by atoms with Crippen LogP contribution in [0, 0.1) is 11.8 Å². The van der Waals surface area contributed by atoms with Crippen LogP contribution in [0.3, 0.4) is 0 Å². The third kappa shape index (κ3) is 7.46. The molecule has 1 saturated heterocycles. The molecule has 0 radical (unpaired) electrons. The summed E-state index contributed by atoms with van der Waals surface area (Å²) in [7, 11) is 1.94. The summed E-state index contributed by atoms with van der Waals surface area (Å²) in [6, 6.07) is 6.06. The fourth-order valence-electron chi connectivity index (χ4n) is 5.38. The van der Waals surface area contributed by atoms with Crippen molar-refractivity contribution in [2.24, 2.45) is 18.9 Å². The first-order chi connectivity index (χ1) is 18.3. The van der Waals surface area contributed by atoms with Crippen LogP contribution < -0.4 is 0 Å². The number of likely N-dealkylation sites (tertiary alicyclic amines) is 1. The third-order valence-corrected chi connectivity index (χ3v) is 7.75. The van der Waals surface area contributed by atoms with Crippen LogP contribution in [0.2, 0.25) is 0 Å². The molecule has 0 atom stereocenters. The summed E-state index contributed by atoms with van der Waals surface area (Å²) in [6.45, 7) is 14.9. The van der Waals surface area contributed by atoms with E-state index in [0.29, 0.717) is 11.8 Å². The van der Waals surface area contributed by atoms with E-state index in [1.807, 2.05) is 36.3 Å². The van der Waals surface area contributed by atoms with Gasteiger partial charge in [-0.05, 0) is 81.8 Å². The number of amides is 1. The van der Waals surface area contributed by atoms with E-state index in [-0.39, 0.29) is 5.91 Å². The zero-order chi connectivity index (χ0) is 27.1. The van der Waals surface area contributed by atoms with E-state index in [1.165, 1.54) is 38.8 Å². The number of hydrogen-bond donors (Lipinski definition) is 0. The van der Waals surface area contributed by atoms with E-state index in [1.54, 1.807) is 0 Å². The van der Waals surface area contributed by atoms with Crippen molar-refractivity contribution in [1.82, 2.24) is 29.1 Å². The van der Waals surface area contributed by atoms with Gasteiger partial charge < -0.3 is 14.4 Å². The Balaban J connectivity index is 1.61. The van der Waals surface area contributed by atoms with E-state index >= 15 is 0 Å². The molecule has 1 aromatic carbocycles. The molecule has 0 aliphatic carbocycles. The molecule has 0 N–H and O–H groups in total. The molecular formula is C31H48N6O. The van der Waals surface area contributed by atoms with Crippen LogP contribution in [0.15, 0.2) is 30.6 Å². The fraction of sp³-hybridized carbons (Fsp3) is 0.645. The Morgan fingerprint density at radius 2 is 1.66 bits per heavy atom. The second-order valence-corrected chi connectivity index (χ2v) is 12.0. The normalized spacial score (nSPS) is 15.0. The van der Waals surface area contributed by atoms with Gasteiger partial charge in [-0.1, -0.05) is 40.5 Å². The molecule has 3 aromatic rings. The highest BCUT2D eigenvalue weighted by molar-refractivity contribution is 5.98. The monoisotopic (exact) mass is 520 g/mol. The van der Waals surface area contributed by atoms with E-state index in [9.17, 15) is 4.79 Å². The molecule has 208 valence electrons. The largest absolute Gasteiger partial charge is 0.339 e. The lowest BCUT2D eigenvalue weighted by molar-refractivity contribution is 0.0741. The van der Waals surface area contributed by atoms with Gasteiger partial charge in [0, 0.05) is 38.4 Å². The maximum Gasteiger partial charge on any atom is 0.253 e. The molecule has 0 spiro atoms. The first-order valence-electron chi connectivity index (χ1n) is 14.8. The molecule has 38 heavy (non-hydrogen) atoms. The fourth-order valence-corrected chi connectivity index (χ4v) is 5.38. The maximum atomic E-state index is 13.7. The molecule has 4 rings (SSSR count). The summed E-state index contributed by atoms with van der Waals surface area (Å²) in [4.78, 5) is 23.4. The lowest BCUT2D eigenvalue weighted by Gasteiger charge is -2.25. The Morgan fingerprint density at radius 1 is 0.974 bits per heavy atom. The van der Waals surface area contributed by atoms with Crippen molar-refractivity contribution in [3.63, 3.8) is 0 Å². The number of imidazole rings is 1. The Kier molecular flexibility index (Phi) is 10.0. The minimum Gasteiger partial charge on any atom is -0.339 e. The highest BCUT2D eigenvalue weighted by atomic mass is 16.2. The molecular weight excluding hydrogens is 472 g/mol. The number of aryl methyl sites for hydroxylation is 2. The predicted molar refractivity (Wildman–Crippen MR) is 156 cm³/mol. The van der Waals surface area contributed by atoms with Crippen molar-refractivity contribution < 1.29 is 4.79 Å². The number of hydrogen-bond acceptors (Lipinski definition) is 4. The number of fused-ring (bicyclic) bond motifs is 1. The van der Waals surface area contributed by atoms with Crippen molar-refractivity contribution in [3.8, 4) is 11.4 Å². The van der Waals surface area contributed by atoms with Gasteiger partial charge in [0.25, 0.3) is 5.91 Å². The minimum absolute atomic E-state index is 0.133. The van der Waals surface area contributed by atoms with Crippen molar-refractivity contribution in [3.05, 3.63) is 36.2 Å². The van der Waals surface area contributed by atoms with E-state index < -0.39 is 0 Å². The average Bonchev–Trinajstić information content (AvgIpc) is 3.37. The second-order valence-electron chi connectivity index (χ2n) is 12.0. The molecule has 1 aliphatic heterocycles. The van der Waals surface area contributed by atoms with Gasteiger partial charge in [-0.3, -0.25) is 9.48 Å². The van der Waals surface area contributed by atoms with Crippen molar-refractivity contribution in [1.29, 1.82) is 0 Å². The first kappa shape index (κ1) is 28.3. The Bertz CT molecular complexity index is 1160. The molecule has 7 heteroatoms. The minimum atomic E-state index is 0.133. The van der Waals surface area contributed by atoms with Crippen molar-refractivity contribution >= 4 is 16.9 Å². The number of rotatable bonds is 12. The van der Waals surface area contributed by atoms with Gasteiger partial charge in [-0.15, -0.1) is 0 Å². The van der Waals surface area contributed by atoms with Crippen LogP contribution in [0.1, 0.15) is 83.0 Å². The molecule has 2 aromatic heterocycles. The van der Waals surface area contributed by atoms with Crippen LogP contribution in [-0.2, 0) is 13.6 Å². The summed E-state index contributed by atoms with van der Waals surface area (Å²) < 4.78 is 4.14. The Hall–Kier alpha value is -2.67. The van der Waals surface area contributed by atoms with E-state index in [2.05, 4.69) is 53.2 Å². The highest BCUT2D eigenvalue weighted by Gasteiger charge is 2.20. The molecule has 0 unspecified atom stereocenters. The molecule has 1 aliphatic rings. The summed E-state index contributed by atoms with van der Waals surface area (Å²) in [5.74, 6) is 2.21. The molecule has 1 amide bonds. The number of nitrogens with zero attached hydrogens (tertiary/aromatic N) is 6. The quantitative estimate of drug-likeness (QED) is 0.284. The smallest absolute Gasteiger partial charge is 0.253 e. The van der Waals surface area contributed by atoms with Crippen LogP contribution in [0.25, 0.3) is 22.4 Å². The zero-order valence-corrected chi connectivity index (χ0v) is 24.3. The molecule has 0 bridgehead atoms. The van der Waals surface area contributed by atoms with E-state index in [0.717, 1.165) is 73.4 Å². The van der Waals surface area contributed by atoms with Crippen LogP contribution in [0.5, 0.6) is 0 Å². The summed E-state index contributed by atoms with van der Waals surface area (Å²) in [6.07, 6.45) is 12.3. The Morgan fingerprint density at radius 3 is 2.26 bits per heavy atom. The number of benzene rings is 1. The number of carbonyl (C=O) groups excluding carboxylic acids is 1. The van der Waals surface area contributed by atoms with Gasteiger partial charge in [-0.2, -0.15) is 5.10 Å². The van der Waals surface area contributed by atoms with Crippen molar-refractivity contribution in [2.45, 2.75) is 79.2 Å². The molecule has 1 fully saturated rings. The molecule has 3 heterocycles. The van der Waals surface area contributed by atoms with Gasteiger partial charge in [0.2, 0.25) is 0 Å². The average molecular weight is 521 g/mol. The van der Waals surface area contributed by atoms with Gasteiger partial charge in [-0.25, -0.2) is 4.98 Å². The summed E-state index contributed by atoms with van der Waals surface area (Å²) in [5.41, 5.74) is 3.75. The Labute approximate surface area is 229 Å². The maximum absolute atomic E-state index is 13.7. The second kappa shape index (κ2) is 13.4. The third-order valence-electron chi connectivity index (χ3n) is 7.75. The highest BCUT2D eigenvalue weighted by Crippen LogP contribution is 2.27. The van der Waals surface area contributed by atoms with Gasteiger partial charge in [0.05, 0.1) is 22.8 Å². The van der Waals surface area contributed by atoms with Gasteiger partial charge in [0.1, 0.15) is 5.82 Å². The van der Waals surface area contributed by atoms with Gasteiger partial charge >= 0.3 is 0 Å². The topological polar surface area (TPSA) is 59.2 Å². The standard InChI is InChI=1S/C31H48N6O/c1-24(2)13-19-36(20-14-25(3)4)31(38)26-11-12-28-29(21-26)37(30(33-28)27-22-32-34(5)23-27)18-10-17-35-15-8-6-7-9-16-35/h11-12,21-25H,6-10,13-20H2,1-5H3. The van der Waals surface area contributed by atoms with Crippen LogP contribution >= 0.6 is 0 Å². The number of aromatic nitrogens is 4. The van der Waals surface area contributed by atoms with Gasteiger partial charge in [0.15, 0.2) is 0 Å². The number of carbonyl (C=O) groups is 1. The van der Waals surface area contributed by atoms with Crippen LogP contribution in [-0.4, -0.2) is 67.8 Å².